The molecule has 4 N–H and O–H groups in total. The van der Waals surface area contributed by atoms with E-state index in [4.69, 9.17) is 10.2 Å². The Morgan fingerprint density at radius 3 is 3.00 bits per heavy atom. The van der Waals surface area contributed by atoms with Gasteiger partial charge in [0.2, 0.25) is 5.43 Å². The lowest BCUT2D eigenvalue weighted by atomic mass is 10.2. The van der Waals surface area contributed by atoms with Gasteiger partial charge in [-0.15, -0.1) is 0 Å². The lowest BCUT2D eigenvalue weighted by Crippen LogP contribution is -2.24. The number of hydrogen-bond acceptors (Lipinski definition) is 5. The van der Waals surface area contributed by atoms with Crippen LogP contribution < -0.4 is 16.6 Å². The summed E-state index contributed by atoms with van der Waals surface area (Å²) in [5, 5.41) is 13.0. The number of amides is 2. The van der Waals surface area contributed by atoms with Crippen LogP contribution in [-0.4, -0.2) is 17.4 Å². The van der Waals surface area contributed by atoms with E-state index in [0.29, 0.717) is 5.39 Å². The van der Waals surface area contributed by atoms with Crippen molar-refractivity contribution in [3.8, 4) is 5.75 Å². The molecule has 1 heterocycles. The number of carbonyl (C=O) groups is 1. The fourth-order valence-corrected chi connectivity index (χ4v) is 1.39. The fraction of sp³-hybridized carbons (Fsp3) is 0. The number of rotatable bonds is 2. The molecule has 2 rings (SSSR count). The third kappa shape index (κ3) is 2.29. The summed E-state index contributed by atoms with van der Waals surface area (Å²) in [7, 11) is 0. The monoisotopic (exact) mass is 247 g/mol. The van der Waals surface area contributed by atoms with Crippen molar-refractivity contribution in [3.63, 3.8) is 0 Å². The molecule has 0 spiro atoms. The third-order valence-electron chi connectivity index (χ3n) is 2.16. The number of benzene rings is 1. The minimum atomic E-state index is -0.832. The quantitative estimate of drug-likeness (QED) is 0.529. The number of fused-ring (bicyclic) bond motifs is 1. The first-order valence-corrected chi connectivity index (χ1v) is 4.91. The number of nitrogens with zero attached hydrogens (tertiary/aromatic N) is 1. The lowest BCUT2D eigenvalue weighted by Gasteiger charge is -1.98. The minimum Gasteiger partial charge on any atom is -0.508 e. The fourth-order valence-electron chi connectivity index (χ4n) is 1.39. The second kappa shape index (κ2) is 4.58. The van der Waals surface area contributed by atoms with Crippen molar-refractivity contribution < 1.29 is 14.3 Å². The number of carbonyl (C=O) groups excluding carboxylic acids is 1. The molecule has 92 valence electrons. The molecule has 2 amide bonds. The maximum Gasteiger partial charge on any atom is 0.332 e. The Balaban J connectivity index is 2.45. The van der Waals surface area contributed by atoms with E-state index in [1.807, 2.05) is 5.43 Å². The molecule has 0 fully saturated rings. The number of phenolic OH excluding ortho intramolecular Hbond substituents is 1. The van der Waals surface area contributed by atoms with Gasteiger partial charge in [-0.25, -0.2) is 10.2 Å². The molecular formula is C11H9N3O4. The predicted molar refractivity (Wildman–Crippen MR) is 64.5 cm³/mol. The minimum absolute atomic E-state index is 0.00228. The summed E-state index contributed by atoms with van der Waals surface area (Å²) < 4.78 is 5.17. The van der Waals surface area contributed by atoms with Gasteiger partial charge in [0.1, 0.15) is 17.6 Å². The molecule has 1 aromatic heterocycles. The van der Waals surface area contributed by atoms with Crippen molar-refractivity contribution in [1.82, 2.24) is 5.43 Å². The SMILES string of the molecule is NC(=O)NN=Cc1coc2cc(O)ccc2c1=O. The number of hydrazone groups is 1. The summed E-state index contributed by atoms with van der Waals surface area (Å²) in [6.07, 6.45) is 2.30. The van der Waals surface area contributed by atoms with E-state index >= 15 is 0 Å². The number of primary amides is 1. The highest BCUT2D eigenvalue weighted by Gasteiger charge is 2.05. The molecule has 0 saturated heterocycles. The van der Waals surface area contributed by atoms with E-state index < -0.39 is 6.03 Å². The summed E-state index contributed by atoms with van der Waals surface area (Å²) in [6.45, 7) is 0. The lowest BCUT2D eigenvalue weighted by molar-refractivity contribution is 0.249. The van der Waals surface area contributed by atoms with Crippen LogP contribution in [0.3, 0.4) is 0 Å². The van der Waals surface area contributed by atoms with E-state index in [0.717, 1.165) is 6.21 Å². The van der Waals surface area contributed by atoms with E-state index in [2.05, 4.69) is 5.10 Å². The molecule has 0 saturated carbocycles. The number of aromatic hydroxyl groups is 1. The van der Waals surface area contributed by atoms with Crippen molar-refractivity contribution in [2.75, 3.05) is 0 Å². The van der Waals surface area contributed by atoms with Crippen molar-refractivity contribution >= 4 is 23.2 Å². The maximum absolute atomic E-state index is 11.9. The molecule has 0 radical (unpaired) electrons. The zero-order valence-corrected chi connectivity index (χ0v) is 9.08. The maximum atomic E-state index is 11.9. The standard InChI is InChI=1S/C11H9N3O4/c12-11(17)14-13-4-6-5-18-9-3-7(15)1-2-8(9)10(6)16/h1-5,15H,(H3,12,14,17). The molecule has 2 aromatic rings. The first-order chi connectivity index (χ1) is 8.58. The molecule has 7 heteroatoms. The van der Waals surface area contributed by atoms with Crippen LogP contribution in [0.4, 0.5) is 4.79 Å². The number of phenols is 1. The number of urea groups is 1. The summed E-state index contributed by atoms with van der Waals surface area (Å²) in [6, 6.07) is 3.32. The smallest absolute Gasteiger partial charge is 0.332 e. The van der Waals surface area contributed by atoms with Gasteiger partial charge in [0.25, 0.3) is 0 Å². The first kappa shape index (κ1) is 11.6. The third-order valence-corrected chi connectivity index (χ3v) is 2.16. The zero-order chi connectivity index (χ0) is 13.1. The van der Waals surface area contributed by atoms with Gasteiger partial charge in [0.05, 0.1) is 17.2 Å². The molecule has 0 aliphatic carbocycles. The van der Waals surface area contributed by atoms with Gasteiger partial charge >= 0.3 is 6.03 Å². The highest BCUT2D eigenvalue weighted by atomic mass is 16.3. The molecular weight excluding hydrogens is 238 g/mol. The Hall–Kier alpha value is -2.83. The van der Waals surface area contributed by atoms with Crippen LogP contribution >= 0.6 is 0 Å². The summed E-state index contributed by atoms with van der Waals surface area (Å²) in [5.74, 6) is 0.00228. The molecule has 0 bridgehead atoms. The Labute approximate surface area is 101 Å². The van der Waals surface area contributed by atoms with Gasteiger partial charge in [-0.3, -0.25) is 4.79 Å². The Morgan fingerprint density at radius 2 is 2.28 bits per heavy atom. The number of nitrogens with two attached hydrogens (primary N) is 1. The molecule has 0 unspecified atom stereocenters. The predicted octanol–water partition coefficient (Wildman–Crippen LogP) is 0.501. The van der Waals surface area contributed by atoms with E-state index in [1.54, 1.807) is 0 Å². The Kier molecular flexibility index (Phi) is 2.96. The number of hydrogen-bond donors (Lipinski definition) is 3. The largest absolute Gasteiger partial charge is 0.508 e. The van der Waals surface area contributed by atoms with E-state index in [9.17, 15) is 14.7 Å². The van der Waals surface area contributed by atoms with Crippen LogP contribution in [-0.2, 0) is 0 Å². The second-order valence-electron chi connectivity index (χ2n) is 3.43. The van der Waals surface area contributed by atoms with Gasteiger partial charge in [0, 0.05) is 6.07 Å². The van der Waals surface area contributed by atoms with Crippen molar-refractivity contribution in [2.24, 2.45) is 10.8 Å². The average Bonchev–Trinajstić information content (AvgIpc) is 2.31. The van der Waals surface area contributed by atoms with Crippen LogP contribution in [0.15, 0.2) is 38.8 Å². The molecule has 0 atom stereocenters. The van der Waals surface area contributed by atoms with Crippen LogP contribution in [0.1, 0.15) is 5.56 Å². The zero-order valence-electron chi connectivity index (χ0n) is 9.08. The molecule has 0 aliphatic rings. The average molecular weight is 247 g/mol. The van der Waals surface area contributed by atoms with Crippen molar-refractivity contribution in [3.05, 3.63) is 40.2 Å². The van der Waals surface area contributed by atoms with Crippen LogP contribution in [0.25, 0.3) is 11.0 Å². The first-order valence-electron chi connectivity index (χ1n) is 4.91. The van der Waals surface area contributed by atoms with Gasteiger partial charge in [-0.05, 0) is 12.1 Å². The van der Waals surface area contributed by atoms with Crippen LogP contribution in [0.5, 0.6) is 5.75 Å². The van der Waals surface area contributed by atoms with E-state index in [1.165, 1.54) is 24.5 Å². The van der Waals surface area contributed by atoms with Crippen molar-refractivity contribution in [1.29, 1.82) is 0 Å². The topological polar surface area (TPSA) is 118 Å². The molecule has 1 aromatic carbocycles. The normalized spacial score (nSPS) is 10.9. The van der Waals surface area contributed by atoms with Gasteiger partial charge < -0.3 is 15.3 Å². The summed E-state index contributed by atoms with van der Waals surface area (Å²) in [4.78, 5) is 22.3. The Morgan fingerprint density at radius 1 is 1.50 bits per heavy atom. The van der Waals surface area contributed by atoms with Gasteiger partial charge in [0.15, 0.2) is 0 Å². The van der Waals surface area contributed by atoms with Gasteiger partial charge in [-0.2, -0.15) is 5.10 Å². The summed E-state index contributed by atoms with van der Waals surface area (Å²) >= 11 is 0. The highest BCUT2D eigenvalue weighted by molar-refractivity contribution is 5.87. The van der Waals surface area contributed by atoms with Crippen molar-refractivity contribution in [2.45, 2.75) is 0 Å². The van der Waals surface area contributed by atoms with Gasteiger partial charge in [-0.1, -0.05) is 0 Å². The summed E-state index contributed by atoms with van der Waals surface area (Å²) in [5.41, 5.74) is 6.87. The second-order valence-corrected chi connectivity index (χ2v) is 3.43. The number of nitrogens with one attached hydrogen (secondary N) is 1. The van der Waals surface area contributed by atoms with Crippen LogP contribution in [0, 0.1) is 0 Å². The molecule has 7 nitrogen and oxygen atoms in total. The highest BCUT2D eigenvalue weighted by Crippen LogP contribution is 2.17. The molecule has 0 aliphatic heterocycles. The molecule has 18 heavy (non-hydrogen) atoms. The van der Waals surface area contributed by atoms with Crippen LogP contribution in [0.2, 0.25) is 0 Å². The van der Waals surface area contributed by atoms with E-state index in [-0.39, 0.29) is 22.3 Å². The Bertz CT molecular complexity index is 690.